The molecule has 0 aliphatic heterocycles. The Morgan fingerprint density at radius 1 is 1.10 bits per heavy atom. The molecule has 0 aliphatic carbocycles. The van der Waals surface area contributed by atoms with Gasteiger partial charge in [-0.25, -0.2) is 13.1 Å². The van der Waals surface area contributed by atoms with Gasteiger partial charge in [-0.1, -0.05) is 36.4 Å². The first kappa shape index (κ1) is 15.5. The minimum atomic E-state index is -3.62. The van der Waals surface area contributed by atoms with Crippen molar-refractivity contribution in [1.29, 1.82) is 0 Å². The highest BCUT2D eigenvalue weighted by Crippen LogP contribution is 2.29. The summed E-state index contributed by atoms with van der Waals surface area (Å²) in [4.78, 5) is 0.179. The molecule has 0 amide bonds. The van der Waals surface area contributed by atoms with Gasteiger partial charge in [0.15, 0.2) is 0 Å². The molecule has 0 aromatic heterocycles. The Labute approximate surface area is 125 Å². The average molecular weight is 305 g/mol. The van der Waals surface area contributed by atoms with Crippen LogP contribution in [-0.2, 0) is 16.6 Å². The van der Waals surface area contributed by atoms with E-state index in [1.54, 1.807) is 6.07 Å². The standard InChI is InChI=1S/C16H19NO3S/c1-12-9-13(2)16(20-3)15(10-12)21(18,19)17-11-14-7-5-4-6-8-14/h4-10,17H,11H2,1-3H3. The van der Waals surface area contributed by atoms with Crippen LogP contribution < -0.4 is 9.46 Å². The van der Waals surface area contributed by atoms with E-state index in [0.717, 1.165) is 16.7 Å². The van der Waals surface area contributed by atoms with E-state index in [4.69, 9.17) is 4.74 Å². The summed E-state index contributed by atoms with van der Waals surface area (Å²) in [5.74, 6) is 0.390. The van der Waals surface area contributed by atoms with Crippen LogP contribution >= 0.6 is 0 Å². The Morgan fingerprint density at radius 3 is 2.38 bits per heavy atom. The monoisotopic (exact) mass is 305 g/mol. The van der Waals surface area contributed by atoms with Crippen LogP contribution in [-0.4, -0.2) is 15.5 Å². The predicted molar refractivity (Wildman–Crippen MR) is 82.9 cm³/mol. The van der Waals surface area contributed by atoms with Gasteiger partial charge in [-0.05, 0) is 36.6 Å². The lowest BCUT2D eigenvalue weighted by Crippen LogP contribution is -2.24. The molecule has 4 nitrogen and oxygen atoms in total. The molecule has 0 aliphatic rings. The van der Waals surface area contributed by atoms with E-state index in [9.17, 15) is 8.42 Å². The summed E-state index contributed by atoms with van der Waals surface area (Å²) >= 11 is 0. The number of hydrogen-bond donors (Lipinski definition) is 1. The van der Waals surface area contributed by atoms with Crippen molar-refractivity contribution in [1.82, 2.24) is 4.72 Å². The second-order valence-electron chi connectivity index (χ2n) is 4.92. The summed E-state index contributed by atoms with van der Waals surface area (Å²) in [6.45, 7) is 3.95. The zero-order valence-electron chi connectivity index (χ0n) is 12.4. The molecule has 0 saturated heterocycles. The largest absolute Gasteiger partial charge is 0.495 e. The molecule has 2 aromatic carbocycles. The first-order valence-corrected chi connectivity index (χ1v) is 8.11. The van der Waals surface area contributed by atoms with E-state index in [0.29, 0.717) is 5.75 Å². The Morgan fingerprint density at radius 2 is 1.76 bits per heavy atom. The minimum absolute atomic E-state index is 0.179. The fourth-order valence-corrected chi connectivity index (χ4v) is 3.57. The molecule has 0 fully saturated rings. The molecule has 112 valence electrons. The lowest BCUT2D eigenvalue weighted by Gasteiger charge is -2.14. The van der Waals surface area contributed by atoms with Gasteiger partial charge in [-0.2, -0.15) is 0 Å². The summed E-state index contributed by atoms with van der Waals surface area (Å²) in [7, 11) is -2.14. The summed E-state index contributed by atoms with van der Waals surface area (Å²) in [5.41, 5.74) is 2.59. The van der Waals surface area contributed by atoms with Crippen molar-refractivity contribution in [3.05, 3.63) is 59.2 Å². The number of aryl methyl sites for hydroxylation is 2. The van der Waals surface area contributed by atoms with E-state index in [1.807, 2.05) is 50.2 Å². The zero-order chi connectivity index (χ0) is 15.5. The van der Waals surface area contributed by atoms with Gasteiger partial charge in [0.25, 0.3) is 0 Å². The number of methoxy groups -OCH3 is 1. The van der Waals surface area contributed by atoms with Crippen molar-refractivity contribution in [3.8, 4) is 5.75 Å². The number of ether oxygens (including phenoxy) is 1. The number of benzene rings is 2. The van der Waals surface area contributed by atoms with Gasteiger partial charge in [0, 0.05) is 6.54 Å². The topological polar surface area (TPSA) is 55.4 Å². The second kappa shape index (κ2) is 6.28. The quantitative estimate of drug-likeness (QED) is 0.924. The number of hydrogen-bond acceptors (Lipinski definition) is 3. The number of sulfonamides is 1. The number of nitrogens with one attached hydrogen (secondary N) is 1. The minimum Gasteiger partial charge on any atom is -0.495 e. The van der Waals surface area contributed by atoms with E-state index in [-0.39, 0.29) is 11.4 Å². The van der Waals surface area contributed by atoms with Crippen LogP contribution in [0.4, 0.5) is 0 Å². The molecule has 0 heterocycles. The predicted octanol–water partition coefficient (Wildman–Crippen LogP) is 2.79. The van der Waals surface area contributed by atoms with Crippen LogP contribution in [0.15, 0.2) is 47.4 Å². The van der Waals surface area contributed by atoms with Crippen molar-refractivity contribution >= 4 is 10.0 Å². The Balaban J connectivity index is 2.32. The van der Waals surface area contributed by atoms with E-state index in [1.165, 1.54) is 7.11 Å². The van der Waals surface area contributed by atoms with Crippen LogP contribution in [0.1, 0.15) is 16.7 Å². The molecule has 0 bridgehead atoms. The van der Waals surface area contributed by atoms with Gasteiger partial charge in [0.2, 0.25) is 10.0 Å². The molecular formula is C16H19NO3S. The highest BCUT2D eigenvalue weighted by Gasteiger charge is 2.21. The van der Waals surface area contributed by atoms with Crippen LogP contribution in [0.5, 0.6) is 5.75 Å². The van der Waals surface area contributed by atoms with Crippen molar-refractivity contribution in [2.75, 3.05) is 7.11 Å². The van der Waals surface area contributed by atoms with Crippen LogP contribution in [0.3, 0.4) is 0 Å². The van der Waals surface area contributed by atoms with Crippen LogP contribution in [0, 0.1) is 13.8 Å². The molecule has 21 heavy (non-hydrogen) atoms. The molecule has 0 atom stereocenters. The summed E-state index contributed by atoms with van der Waals surface area (Å²) < 4.78 is 32.9. The SMILES string of the molecule is COc1c(C)cc(C)cc1S(=O)(=O)NCc1ccccc1. The average Bonchev–Trinajstić information content (AvgIpc) is 2.46. The van der Waals surface area contributed by atoms with Gasteiger partial charge in [-0.3, -0.25) is 0 Å². The zero-order valence-corrected chi connectivity index (χ0v) is 13.2. The van der Waals surface area contributed by atoms with E-state index < -0.39 is 10.0 Å². The van der Waals surface area contributed by atoms with Gasteiger partial charge >= 0.3 is 0 Å². The molecule has 0 saturated carbocycles. The first-order chi connectivity index (χ1) is 9.94. The Bertz CT molecular complexity index is 725. The maximum atomic E-state index is 12.5. The van der Waals surface area contributed by atoms with Crippen LogP contribution in [0.25, 0.3) is 0 Å². The second-order valence-corrected chi connectivity index (χ2v) is 6.66. The van der Waals surface area contributed by atoms with E-state index >= 15 is 0 Å². The highest BCUT2D eigenvalue weighted by molar-refractivity contribution is 7.89. The van der Waals surface area contributed by atoms with Crippen molar-refractivity contribution < 1.29 is 13.2 Å². The lowest BCUT2D eigenvalue weighted by molar-refractivity contribution is 0.399. The molecule has 1 N–H and O–H groups in total. The summed E-state index contributed by atoms with van der Waals surface area (Å²) in [6, 6.07) is 12.9. The third-order valence-corrected chi connectivity index (χ3v) is 4.59. The third-order valence-electron chi connectivity index (χ3n) is 3.19. The smallest absolute Gasteiger partial charge is 0.244 e. The molecule has 0 spiro atoms. The van der Waals surface area contributed by atoms with Crippen molar-refractivity contribution in [2.45, 2.75) is 25.3 Å². The Kier molecular flexibility index (Phi) is 4.65. The molecule has 5 heteroatoms. The molecule has 2 aromatic rings. The maximum absolute atomic E-state index is 12.5. The highest BCUT2D eigenvalue weighted by atomic mass is 32.2. The van der Waals surface area contributed by atoms with Gasteiger partial charge in [0.1, 0.15) is 10.6 Å². The first-order valence-electron chi connectivity index (χ1n) is 6.63. The fraction of sp³-hybridized carbons (Fsp3) is 0.250. The molecule has 0 radical (unpaired) electrons. The molecule has 0 unspecified atom stereocenters. The lowest BCUT2D eigenvalue weighted by atomic mass is 10.1. The van der Waals surface area contributed by atoms with E-state index in [2.05, 4.69) is 4.72 Å². The molecule has 2 rings (SSSR count). The Hall–Kier alpha value is -1.85. The van der Waals surface area contributed by atoms with Crippen molar-refractivity contribution in [2.24, 2.45) is 0 Å². The third kappa shape index (κ3) is 3.62. The maximum Gasteiger partial charge on any atom is 0.244 e. The number of rotatable bonds is 5. The summed E-state index contributed by atoms with van der Waals surface area (Å²) in [6.07, 6.45) is 0. The van der Waals surface area contributed by atoms with Gasteiger partial charge in [0.05, 0.1) is 7.11 Å². The normalized spacial score (nSPS) is 11.4. The molecular weight excluding hydrogens is 286 g/mol. The fourth-order valence-electron chi connectivity index (χ4n) is 2.23. The summed E-state index contributed by atoms with van der Waals surface area (Å²) in [5, 5.41) is 0. The van der Waals surface area contributed by atoms with Crippen LogP contribution in [0.2, 0.25) is 0 Å². The van der Waals surface area contributed by atoms with Crippen molar-refractivity contribution in [3.63, 3.8) is 0 Å². The van der Waals surface area contributed by atoms with Gasteiger partial charge in [-0.15, -0.1) is 0 Å². The van der Waals surface area contributed by atoms with Gasteiger partial charge < -0.3 is 4.74 Å².